The van der Waals surface area contributed by atoms with E-state index in [1.54, 1.807) is 0 Å². The maximum Gasteiger partial charge on any atom is 0.124 e. The Morgan fingerprint density at radius 2 is 2.20 bits per heavy atom. The first-order chi connectivity index (χ1) is 2.27. The van der Waals surface area contributed by atoms with E-state index in [1.165, 1.54) is 0 Å². The van der Waals surface area contributed by atoms with Crippen LogP contribution in [0.4, 0.5) is 0 Å². The lowest BCUT2D eigenvalue weighted by atomic mass is 10.6. The quantitative estimate of drug-likeness (QED) is 0.457. The molecule has 0 heterocycles. The summed E-state index contributed by atoms with van der Waals surface area (Å²) < 4.78 is 0. The third kappa shape index (κ3) is 3.50. The van der Waals surface area contributed by atoms with Gasteiger partial charge >= 0.3 is 0 Å². The van der Waals surface area contributed by atoms with Gasteiger partial charge in [-0.25, -0.2) is 0 Å². The summed E-state index contributed by atoms with van der Waals surface area (Å²) in [5.41, 5.74) is 4.98. The minimum absolute atomic E-state index is 0.185. The lowest BCUT2D eigenvalue weighted by Crippen LogP contribution is -1.92. The molecule has 0 aliphatic rings. The molecule has 0 amide bonds. The zero-order chi connectivity index (χ0) is 4.28. The van der Waals surface area contributed by atoms with Crippen molar-refractivity contribution in [2.75, 3.05) is 0 Å². The second kappa shape index (κ2) is 1.79. The highest BCUT2D eigenvalue weighted by atomic mass is 16.3. The van der Waals surface area contributed by atoms with Gasteiger partial charge in [-0.3, -0.25) is 0 Å². The van der Waals surface area contributed by atoms with E-state index in [9.17, 15) is 0 Å². The molecular formula is C3H6NO. The van der Waals surface area contributed by atoms with Gasteiger partial charge in [0.1, 0.15) is 6.61 Å². The molecule has 3 N–H and O–H groups in total. The van der Waals surface area contributed by atoms with Gasteiger partial charge < -0.3 is 10.8 Å². The highest BCUT2D eigenvalue weighted by Crippen LogP contribution is 1.72. The molecule has 2 heteroatoms. The molecule has 0 aliphatic carbocycles. The average molecular weight is 72.1 g/mol. The second-order valence-electron chi connectivity index (χ2n) is 0.704. The Labute approximate surface area is 30.9 Å². The molecule has 1 radical (unpaired) electrons. The number of rotatable bonds is 1. The van der Waals surface area contributed by atoms with Crippen molar-refractivity contribution in [1.82, 2.24) is 0 Å². The van der Waals surface area contributed by atoms with Crippen LogP contribution >= 0.6 is 0 Å². The van der Waals surface area contributed by atoms with Crippen LogP contribution in [-0.2, 0) is 0 Å². The molecule has 0 spiro atoms. The van der Waals surface area contributed by atoms with E-state index in [1.807, 2.05) is 0 Å². The first-order valence-corrected chi connectivity index (χ1v) is 1.19. The van der Waals surface area contributed by atoms with Gasteiger partial charge in [0, 0.05) is 5.70 Å². The van der Waals surface area contributed by atoms with Gasteiger partial charge in [-0.15, -0.1) is 0 Å². The van der Waals surface area contributed by atoms with Crippen LogP contribution in [0.1, 0.15) is 0 Å². The fraction of sp³-hybridized carbons (Fsp3) is 0. The Balaban J connectivity index is 2.85. The number of hydrogen-bond donors (Lipinski definition) is 2. The van der Waals surface area contributed by atoms with Crippen molar-refractivity contribution in [3.05, 3.63) is 18.9 Å². The fourth-order valence-electron chi connectivity index (χ4n) is 0. The van der Waals surface area contributed by atoms with Gasteiger partial charge in [0.15, 0.2) is 0 Å². The van der Waals surface area contributed by atoms with Gasteiger partial charge in [-0.2, -0.15) is 0 Å². The zero-order valence-corrected chi connectivity index (χ0v) is 2.81. The molecule has 0 aliphatic heterocycles. The van der Waals surface area contributed by atoms with E-state index in [0.717, 1.165) is 6.61 Å². The summed E-state index contributed by atoms with van der Waals surface area (Å²) in [6.45, 7) is 3.90. The minimum Gasteiger partial charge on any atom is -0.400 e. The van der Waals surface area contributed by atoms with Crippen LogP contribution < -0.4 is 5.73 Å². The molecule has 0 saturated carbocycles. The van der Waals surface area contributed by atoms with Crippen molar-refractivity contribution in [3.8, 4) is 0 Å². The van der Waals surface area contributed by atoms with Crippen molar-refractivity contribution in [3.63, 3.8) is 0 Å². The molecule has 0 aromatic heterocycles. The topological polar surface area (TPSA) is 46.2 Å². The zero-order valence-electron chi connectivity index (χ0n) is 2.81. The number of nitrogens with two attached hydrogens (primary N) is 1. The lowest BCUT2D eigenvalue weighted by Gasteiger charge is -1.80. The van der Waals surface area contributed by atoms with Gasteiger partial charge in [0.2, 0.25) is 0 Å². The van der Waals surface area contributed by atoms with Crippen molar-refractivity contribution >= 4 is 0 Å². The maximum atomic E-state index is 7.79. The minimum atomic E-state index is 0.185. The molecule has 0 unspecified atom stereocenters. The summed E-state index contributed by atoms with van der Waals surface area (Å²) in [6.07, 6.45) is 0. The second-order valence-corrected chi connectivity index (χ2v) is 0.704. The average Bonchev–Trinajstić information content (AvgIpc) is 1.38. The Morgan fingerprint density at radius 3 is 2.20 bits per heavy atom. The number of aliphatic hydroxyl groups is 1. The summed E-state index contributed by atoms with van der Waals surface area (Å²) >= 11 is 0. The van der Waals surface area contributed by atoms with Crippen LogP contribution in [0.2, 0.25) is 0 Å². The predicted molar refractivity (Wildman–Crippen MR) is 19.6 cm³/mol. The molecule has 0 rings (SSSR count). The van der Waals surface area contributed by atoms with E-state index in [4.69, 9.17) is 10.8 Å². The van der Waals surface area contributed by atoms with E-state index in [0.29, 0.717) is 0 Å². The van der Waals surface area contributed by atoms with Gasteiger partial charge in [0.25, 0.3) is 0 Å². The van der Waals surface area contributed by atoms with E-state index in [2.05, 4.69) is 6.58 Å². The summed E-state index contributed by atoms with van der Waals surface area (Å²) in [4.78, 5) is 0. The van der Waals surface area contributed by atoms with Gasteiger partial charge in [0.05, 0.1) is 0 Å². The Bertz CT molecular complexity index is 42.2. The highest BCUT2D eigenvalue weighted by molar-refractivity contribution is 4.93. The van der Waals surface area contributed by atoms with Crippen molar-refractivity contribution in [2.45, 2.75) is 0 Å². The smallest absolute Gasteiger partial charge is 0.124 e. The van der Waals surface area contributed by atoms with Crippen LogP contribution in [0.25, 0.3) is 0 Å². The Kier molecular flexibility index (Phi) is 1.61. The summed E-state index contributed by atoms with van der Waals surface area (Å²) in [5, 5.41) is 7.79. The van der Waals surface area contributed by atoms with E-state index in [-0.39, 0.29) is 5.70 Å². The van der Waals surface area contributed by atoms with E-state index >= 15 is 0 Å². The number of aliphatic hydroxyl groups excluding tert-OH is 1. The summed E-state index contributed by atoms with van der Waals surface area (Å²) in [7, 11) is 0. The predicted octanol–water partition coefficient (Wildman–Crippen LogP) is -0.00691. The molecule has 5 heavy (non-hydrogen) atoms. The molecule has 0 atom stereocenters. The summed E-state index contributed by atoms with van der Waals surface area (Å²) in [5.74, 6) is 0. The monoisotopic (exact) mass is 72.0 g/mol. The van der Waals surface area contributed by atoms with Crippen molar-refractivity contribution in [1.29, 1.82) is 0 Å². The first-order valence-electron chi connectivity index (χ1n) is 1.19. The van der Waals surface area contributed by atoms with Gasteiger partial charge in [-0.1, -0.05) is 6.58 Å². The molecular weight excluding hydrogens is 66.0 g/mol. The summed E-state index contributed by atoms with van der Waals surface area (Å²) in [6, 6.07) is 0. The largest absolute Gasteiger partial charge is 0.400 e. The van der Waals surface area contributed by atoms with Crippen LogP contribution in [0.5, 0.6) is 0 Å². The molecule has 0 aromatic carbocycles. The standard InChI is InChI=1S/C3H6NO/c1-3(4)2-5/h2,5H,1,4H2. The van der Waals surface area contributed by atoms with Crippen LogP contribution in [0.15, 0.2) is 12.3 Å². The van der Waals surface area contributed by atoms with Crippen LogP contribution in [0, 0.1) is 6.61 Å². The molecule has 0 bridgehead atoms. The maximum absolute atomic E-state index is 7.79. The van der Waals surface area contributed by atoms with Crippen LogP contribution in [0.3, 0.4) is 0 Å². The Hall–Kier alpha value is -0.500. The Morgan fingerprint density at radius 1 is 2.00 bits per heavy atom. The van der Waals surface area contributed by atoms with Gasteiger partial charge in [-0.05, 0) is 0 Å². The van der Waals surface area contributed by atoms with E-state index < -0.39 is 0 Å². The molecule has 0 saturated heterocycles. The number of hydrogen-bond acceptors (Lipinski definition) is 2. The fourth-order valence-corrected chi connectivity index (χ4v) is 0. The van der Waals surface area contributed by atoms with Crippen molar-refractivity contribution < 1.29 is 5.11 Å². The SMILES string of the molecule is C=C(N)[CH]O. The molecule has 0 aromatic rings. The molecule has 0 fully saturated rings. The first kappa shape index (κ1) is 4.50. The lowest BCUT2D eigenvalue weighted by molar-refractivity contribution is 0.410. The third-order valence-electron chi connectivity index (χ3n) is 0.166. The normalized spacial score (nSPS) is 7.40. The highest BCUT2D eigenvalue weighted by Gasteiger charge is 1.70. The third-order valence-corrected chi connectivity index (χ3v) is 0.166. The van der Waals surface area contributed by atoms with Crippen LogP contribution in [-0.4, -0.2) is 5.11 Å². The molecule has 2 nitrogen and oxygen atoms in total. The molecule has 29 valence electrons. The van der Waals surface area contributed by atoms with Crippen molar-refractivity contribution in [2.24, 2.45) is 5.73 Å².